The van der Waals surface area contributed by atoms with Crippen molar-refractivity contribution in [2.75, 3.05) is 20.8 Å². The van der Waals surface area contributed by atoms with Crippen molar-refractivity contribution < 1.29 is 28.2 Å². The summed E-state index contributed by atoms with van der Waals surface area (Å²) < 4.78 is 33.8. The molecular formula is C43H48N2O8SSi. The number of rotatable bonds is 13. The van der Waals surface area contributed by atoms with Gasteiger partial charge in [0, 0.05) is 17.8 Å². The molecule has 0 unspecified atom stereocenters. The van der Waals surface area contributed by atoms with E-state index in [-0.39, 0.29) is 16.8 Å². The van der Waals surface area contributed by atoms with Gasteiger partial charge in [0.15, 0.2) is 14.5 Å². The van der Waals surface area contributed by atoms with E-state index in [4.69, 9.17) is 23.4 Å². The van der Waals surface area contributed by atoms with Crippen LogP contribution in [0.1, 0.15) is 54.0 Å². The van der Waals surface area contributed by atoms with Crippen LogP contribution in [0.3, 0.4) is 0 Å². The molecule has 12 heteroatoms. The molecule has 6 rings (SSSR count). The van der Waals surface area contributed by atoms with Crippen LogP contribution >= 0.6 is 11.8 Å². The van der Waals surface area contributed by atoms with E-state index in [0.29, 0.717) is 17.1 Å². The smallest absolute Gasteiger partial charge is 0.330 e. The number of hydrogen-bond acceptors (Lipinski definition) is 9. The SMILES string of the molecule is COc1ccc(C(O[C@H]2[C@@H](SC(=O)c3ccccc3)[C@H](n3ccc(=O)[nH]c3=O)O[C@@H]2CO[Si](C)(C)C(C)(C)C)(c2ccccc2)c2ccc(OC)cc2)cc1. The number of carbonyl (C=O) groups is 1. The normalized spacial score (nSPS) is 18.9. The number of carbonyl (C=O) groups excluding carboxylic acids is 1. The Kier molecular flexibility index (Phi) is 12.0. The van der Waals surface area contributed by atoms with Crippen LogP contribution in [0, 0.1) is 0 Å². The van der Waals surface area contributed by atoms with Crippen molar-refractivity contribution in [1.29, 1.82) is 0 Å². The number of nitrogens with zero attached hydrogens (tertiary/aromatic N) is 1. The Morgan fingerprint density at radius 3 is 1.82 bits per heavy atom. The molecule has 0 amide bonds. The van der Waals surface area contributed by atoms with Gasteiger partial charge in [-0.2, -0.15) is 0 Å². The van der Waals surface area contributed by atoms with Gasteiger partial charge in [0.2, 0.25) is 5.12 Å². The van der Waals surface area contributed by atoms with E-state index in [1.54, 1.807) is 38.5 Å². The van der Waals surface area contributed by atoms with Gasteiger partial charge in [0.25, 0.3) is 5.56 Å². The number of thioether (sulfide) groups is 1. The zero-order chi connectivity index (χ0) is 39.4. The minimum atomic E-state index is -2.35. The number of methoxy groups -OCH3 is 2. The summed E-state index contributed by atoms with van der Waals surface area (Å²) in [6, 6.07) is 35.5. The van der Waals surface area contributed by atoms with Crippen molar-refractivity contribution in [1.82, 2.24) is 9.55 Å². The lowest BCUT2D eigenvalue weighted by molar-refractivity contribution is -0.0974. The van der Waals surface area contributed by atoms with Gasteiger partial charge in [-0.1, -0.05) is 117 Å². The highest BCUT2D eigenvalue weighted by Crippen LogP contribution is 2.49. The first-order chi connectivity index (χ1) is 26.3. The number of H-pyrrole nitrogens is 1. The fourth-order valence-corrected chi connectivity index (χ4v) is 8.68. The van der Waals surface area contributed by atoms with Crippen LogP contribution in [0.5, 0.6) is 11.5 Å². The standard InChI is InChI=1S/C43H48N2O8SSi/c1-42(2,3)55(6,7)51-28-35-37(38(54-40(47)29-14-10-8-11-15-29)39(52-35)45-27-26-36(46)44-41(45)48)53-43(30-16-12-9-13-17-30,31-18-22-33(49-4)23-19-31)32-20-24-34(50-5)25-21-32/h8-27,35,37-39H,28H2,1-7H3,(H,44,46,48)/t35-,37-,38-,39-/m1/s1. The zero-order valence-electron chi connectivity index (χ0n) is 32.2. The van der Waals surface area contributed by atoms with Crippen LogP contribution in [0.4, 0.5) is 0 Å². The fourth-order valence-electron chi connectivity index (χ4n) is 6.47. The van der Waals surface area contributed by atoms with Gasteiger partial charge >= 0.3 is 5.69 Å². The minimum absolute atomic E-state index is 0.116. The van der Waals surface area contributed by atoms with Crippen molar-refractivity contribution in [3.8, 4) is 11.5 Å². The first-order valence-corrected chi connectivity index (χ1v) is 22.0. The Bertz CT molecular complexity index is 2120. The molecule has 4 atom stereocenters. The molecule has 1 saturated heterocycles. The number of nitrogens with one attached hydrogen (secondary N) is 1. The predicted octanol–water partition coefficient (Wildman–Crippen LogP) is 7.79. The quantitative estimate of drug-likeness (QED) is 0.0944. The average molecular weight is 781 g/mol. The maximum Gasteiger partial charge on any atom is 0.330 e. The van der Waals surface area contributed by atoms with Gasteiger partial charge in [0.1, 0.15) is 29.3 Å². The second-order valence-electron chi connectivity index (χ2n) is 15.0. The zero-order valence-corrected chi connectivity index (χ0v) is 34.0. The highest BCUT2D eigenvalue weighted by atomic mass is 32.2. The molecule has 0 saturated carbocycles. The highest BCUT2D eigenvalue weighted by molar-refractivity contribution is 8.14. The van der Waals surface area contributed by atoms with E-state index in [1.165, 1.54) is 16.8 Å². The van der Waals surface area contributed by atoms with Crippen LogP contribution in [0.15, 0.2) is 131 Å². The lowest BCUT2D eigenvalue weighted by Gasteiger charge is -2.41. The van der Waals surface area contributed by atoms with Gasteiger partial charge in [-0.15, -0.1) is 0 Å². The van der Waals surface area contributed by atoms with Gasteiger partial charge in [-0.05, 0) is 59.1 Å². The lowest BCUT2D eigenvalue weighted by Crippen LogP contribution is -2.48. The second kappa shape index (κ2) is 16.6. The summed E-state index contributed by atoms with van der Waals surface area (Å²) in [5.74, 6) is 1.34. The molecule has 2 heterocycles. The molecule has 0 spiro atoms. The molecule has 1 aromatic heterocycles. The third-order valence-electron chi connectivity index (χ3n) is 10.6. The van der Waals surface area contributed by atoms with Crippen LogP contribution in [0.25, 0.3) is 0 Å². The van der Waals surface area contributed by atoms with Crippen LogP contribution in [-0.2, 0) is 19.5 Å². The van der Waals surface area contributed by atoms with E-state index in [1.807, 2.05) is 84.9 Å². The van der Waals surface area contributed by atoms with Crippen molar-refractivity contribution in [2.45, 2.75) is 68.2 Å². The highest BCUT2D eigenvalue weighted by Gasteiger charge is 2.53. The molecule has 0 radical (unpaired) electrons. The molecule has 0 aliphatic carbocycles. The van der Waals surface area contributed by atoms with Crippen molar-refractivity contribution in [3.63, 3.8) is 0 Å². The Balaban J connectivity index is 1.59. The summed E-state index contributed by atoms with van der Waals surface area (Å²) in [5.41, 5.74) is 0.378. The molecule has 55 heavy (non-hydrogen) atoms. The number of benzene rings is 4. The Morgan fingerprint density at radius 2 is 1.31 bits per heavy atom. The number of aromatic nitrogens is 2. The predicted molar refractivity (Wildman–Crippen MR) is 218 cm³/mol. The van der Waals surface area contributed by atoms with Gasteiger partial charge in [0.05, 0.1) is 26.1 Å². The van der Waals surface area contributed by atoms with Crippen LogP contribution in [-0.4, -0.2) is 61.3 Å². The first kappa shape index (κ1) is 40.0. The van der Waals surface area contributed by atoms with E-state index < -0.39 is 48.9 Å². The van der Waals surface area contributed by atoms with Crippen molar-refractivity contribution >= 4 is 25.2 Å². The number of aromatic amines is 1. The van der Waals surface area contributed by atoms with Crippen molar-refractivity contribution in [3.05, 3.63) is 165 Å². The van der Waals surface area contributed by atoms with E-state index in [9.17, 15) is 14.4 Å². The Labute approximate surface area is 326 Å². The molecule has 1 fully saturated rings. The topological polar surface area (TPSA) is 118 Å². The van der Waals surface area contributed by atoms with Gasteiger partial charge in [-0.3, -0.25) is 19.1 Å². The summed E-state index contributed by atoms with van der Waals surface area (Å²) in [6.45, 7) is 10.9. The molecule has 10 nitrogen and oxygen atoms in total. The van der Waals surface area contributed by atoms with Crippen LogP contribution < -0.4 is 20.7 Å². The van der Waals surface area contributed by atoms with E-state index in [2.05, 4.69) is 38.8 Å². The average Bonchev–Trinajstić information content (AvgIpc) is 3.51. The fraction of sp³-hybridized carbons (Fsp3) is 0.326. The maximum absolute atomic E-state index is 14.2. The summed E-state index contributed by atoms with van der Waals surface area (Å²) >= 11 is 1.04. The van der Waals surface area contributed by atoms with E-state index >= 15 is 0 Å². The number of ether oxygens (including phenoxy) is 4. The van der Waals surface area contributed by atoms with Gasteiger partial charge in [-0.25, -0.2) is 4.79 Å². The summed E-state index contributed by atoms with van der Waals surface area (Å²) in [6.07, 6.45) is -1.26. The van der Waals surface area contributed by atoms with E-state index in [0.717, 1.165) is 28.5 Å². The third-order valence-corrected chi connectivity index (χ3v) is 16.3. The third kappa shape index (κ3) is 8.43. The molecular weight excluding hydrogens is 733 g/mol. The summed E-state index contributed by atoms with van der Waals surface area (Å²) in [7, 11) is 0.883. The molecule has 288 valence electrons. The lowest BCUT2D eigenvalue weighted by atomic mass is 9.79. The molecule has 1 N–H and O–H groups in total. The molecule has 1 aliphatic rings. The van der Waals surface area contributed by atoms with Crippen LogP contribution in [0.2, 0.25) is 18.1 Å². The van der Waals surface area contributed by atoms with Crippen molar-refractivity contribution in [2.24, 2.45) is 0 Å². The largest absolute Gasteiger partial charge is 0.497 e. The maximum atomic E-state index is 14.2. The number of hydrogen-bond donors (Lipinski definition) is 1. The molecule has 5 aromatic rings. The molecule has 4 aromatic carbocycles. The summed E-state index contributed by atoms with van der Waals surface area (Å²) in [5, 5.41) is -1.14. The second-order valence-corrected chi connectivity index (χ2v) is 20.9. The Hall–Kier alpha value is -4.72. The summed E-state index contributed by atoms with van der Waals surface area (Å²) in [4.78, 5) is 42.3. The first-order valence-electron chi connectivity index (χ1n) is 18.2. The van der Waals surface area contributed by atoms with Gasteiger partial charge < -0.3 is 23.4 Å². The monoisotopic (exact) mass is 780 g/mol. The minimum Gasteiger partial charge on any atom is -0.497 e. The Morgan fingerprint density at radius 1 is 0.782 bits per heavy atom. The molecule has 1 aliphatic heterocycles. The molecule has 0 bridgehead atoms.